The molecule has 0 radical (unpaired) electrons. The molecule has 11 heteroatoms. The van der Waals surface area contributed by atoms with Crippen LogP contribution in [0.4, 0.5) is 16.0 Å². The Kier molecular flexibility index (Phi) is 8.62. The van der Waals surface area contributed by atoms with E-state index in [1.54, 1.807) is 12.1 Å². The number of hydrogen-bond donors (Lipinski definition) is 2. The summed E-state index contributed by atoms with van der Waals surface area (Å²) in [5, 5.41) is -0.364. The SMILES string of the molecule is CCC1(C)CCCN(c2nc(-c3cc(F)cc(OCC(C)C)c3)ccc2C(=O)NS(=O)(=O)c2cccc(N)n2)C1.[HH].[HH]. The Morgan fingerprint density at radius 2 is 2.00 bits per heavy atom. The molecule has 1 saturated heterocycles. The van der Waals surface area contributed by atoms with E-state index in [2.05, 4.69) is 23.6 Å². The lowest BCUT2D eigenvalue weighted by Gasteiger charge is -2.41. The second kappa shape index (κ2) is 11.8. The number of carbonyl (C=O) groups is 1. The highest BCUT2D eigenvalue weighted by Gasteiger charge is 2.33. The van der Waals surface area contributed by atoms with Gasteiger partial charge in [0.2, 0.25) is 0 Å². The van der Waals surface area contributed by atoms with Crippen molar-refractivity contribution in [3.05, 3.63) is 59.9 Å². The number of aromatic nitrogens is 2. The summed E-state index contributed by atoms with van der Waals surface area (Å²) >= 11 is 0. The van der Waals surface area contributed by atoms with Gasteiger partial charge in [0.05, 0.1) is 17.9 Å². The maximum atomic E-state index is 14.6. The third-order valence-corrected chi connectivity index (χ3v) is 8.28. The monoisotopic (exact) mass is 573 g/mol. The van der Waals surface area contributed by atoms with Gasteiger partial charge in [0.1, 0.15) is 23.2 Å². The average molecular weight is 574 g/mol. The molecule has 1 aliphatic rings. The van der Waals surface area contributed by atoms with Crippen molar-refractivity contribution in [3.8, 4) is 17.0 Å². The van der Waals surface area contributed by atoms with Gasteiger partial charge in [-0.15, -0.1) is 0 Å². The molecule has 2 aromatic heterocycles. The first-order valence-corrected chi connectivity index (χ1v) is 14.9. The number of benzene rings is 1. The predicted molar refractivity (Wildman–Crippen MR) is 157 cm³/mol. The molecule has 0 aliphatic carbocycles. The van der Waals surface area contributed by atoms with Crippen LogP contribution in [-0.4, -0.2) is 44.0 Å². The van der Waals surface area contributed by atoms with E-state index in [1.165, 1.54) is 36.4 Å². The first kappa shape index (κ1) is 29.3. The molecular formula is C29H40FN5O4S. The van der Waals surface area contributed by atoms with Gasteiger partial charge in [0, 0.05) is 27.6 Å². The third-order valence-electron chi connectivity index (χ3n) is 7.05. The second-order valence-electron chi connectivity index (χ2n) is 11.0. The number of hydrogen-bond acceptors (Lipinski definition) is 8. The molecule has 9 nitrogen and oxygen atoms in total. The van der Waals surface area contributed by atoms with Crippen LogP contribution in [0.3, 0.4) is 0 Å². The van der Waals surface area contributed by atoms with Crippen LogP contribution >= 0.6 is 0 Å². The highest BCUT2D eigenvalue weighted by atomic mass is 32.2. The van der Waals surface area contributed by atoms with Gasteiger partial charge in [0.25, 0.3) is 15.9 Å². The molecule has 3 heterocycles. The van der Waals surface area contributed by atoms with Gasteiger partial charge in [-0.25, -0.2) is 19.1 Å². The number of carbonyl (C=O) groups excluding carboxylic acids is 1. The highest BCUT2D eigenvalue weighted by Crippen LogP contribution is 2.36. The number of rotatable bonds is 9. The zero-order valence-electron chi connectivity index (χ0n) is 23.3. The van der Waals surface area contributed by atoms with E-state index in [0.29, 0.717) is 42.5 Å². The number of ether oxygens (including phenoxy) is 1. The van der Waals surface area contributed by atoms with Crippen molar-refractivity contribution in [3.63, 3.8) is 0 Å². The van der Waals surface area contributed by atoms with Crippen molar-refractivity contribution in [2.75, 3.05) is 30.3 Å². The standard InChI is InChI=1S/C29H36FN5O4S.2H2/c1-5-29(4)12-7-13-35(18-29)27-23(28(36)34-40(37,38)26-9-6-8-25(31)33-26)10-11-24(32-27)20-14-21(30)16-22(15-20)39-17-19(2)3;;/h6,8-11,14-16,19H,5,7,12-13,17-18H2,1-4H3,(H2,31,33)(H,34,36);2*1H. The van der Waals surface area contributed by atoms with Gasteiger partial charge in [0.15, 0.2) is 5.03 Å². The van der Waals surface area contributed by atoms with Crippen LogP contribution in [0.2, 0.25) is 0 Å². The van der Waals surface area contributed by atoms with E-state index in [4.69, 9.17) is 15.5 Å². The maximum absolute atomic E-state index is 14.6. The topological polar surface area (TPSA) is 128 Å². The molecule has 40 heavy (non-hydrogen) atoms. The number of pyridine rings is 2. The third kappa shape index (κ3) is 6.88. The maximum Gasteiger partial charge on any atom is 0.281 e. The predicted octanol–water partition coefficient (Wildman–Crippen LogP) is 5.53. The van der Waals surface area contributed by atoms with Gasteiger partial charge in [-0.1, -0.05) is 33.8 Å². The fourth-order valence-corrected chi connectivity index (χ4v) is 5.62. The fraction of sp³-hybridized carbons (Fsp3) is 0.414. The van der Waals surface area contributed by atoms with Gasteiger partial charge < -0.3 is 15.4 Å². The molecule has 218 valence electrons. The quantitative estimate of drug-likeness (QED) is 0.342. The number of sulfonamides is 1. The molecule has 3 aromatic rings. The summed E-state index contributed by atoms with van der Waals surface area (Å²) in [6, 6.07) is 11.6. The summed E-state index contributed by atoms with van der Waals surface area (Å²) in [5.41, 5.74) is 6.65. The van der Waals surface area contributed by atoms with E-state index in [9.17, 15) is 17.6 Å². The lowest BCUT2D eigenvalue weighted by molar-refractivity contribution is 0.0981. The van der Waals surface area contributed by atoms with E-state index in [0.717, 1.165) is 19.3 Å². The molecule has 1 amide bonds. The number of nitrogens with two attached hydrogens (primary N) is 1. The average Bonchev–Trinajstić information content (AvgIpc) is 2.91. The number of nitrogens with one attached hydrogen (secondary N) is 1. The molecule has 3 N–H and O–H groups in total. The smallest absolute Gasteiger partial charge is 0.281 e. The number of nitrogen functional groups attached to an aromatic ring is 1. The van der Waals surface area contributed by atoms with E-state index >= 15 is 0 Å². The lowest BCUT2D eigenvalue weighted by Crippen LogP contribution is -2.43. The first-order valence-electron chi connectivity index (χ1n) is 13.4. The Bertz CT molecular complexity index is 1510. The lowest BCUT2D eigenvalue weighted by atomic mass is 9.79. The Hall–Kier alpha value is -3.73. The molecule has 0 spiro atoms. The van der Waals surface area contributed by atoms with Gasteiger partial charge in [-0.05, 0) is 67.0 Å². The van der Waals surface area contributed by atoms with Crippen LogP contribution in [0.15, 0.2) is 53.6 Å². The summed E-state index contributed by atoms with van der Waals surface area (Å²) in [6.07, 6.45) is 2.84. The van der Waals surface area contributed by atoms with Crippen LogP contribution in [0.25, 0.3) is 11.3 Å². The summed E-state index contributed by atoms with van der Waals surface area (Å²) in [6.45, 7) is 10.0. The van der Waals surface area contributed by atoms with Crippen LogP contribution < -0.4 is 20.1 Å². The van der Waals surface area contributed by atoms with Crippen LogP contribution in [0.1, 0.15) is 60.2 Å². The molecule has 1 aromatic carbocycles. The second-order valence-corrected chi connectivity index (χ2v) is 12.6. The van der Waals surface area contributed by atoms with Crippen molar-refractivity contribution in [1.29, 1.82) is 0 Å². The number of amides is 1. The number of piperidine rings is 1. The molecule has 1 atom stereocenters. The molecule has 0 bridgehead atoms. The highest BCUT2D eigenvalue weighted by molar-refractivity contribution is 7.90. The summed E-state index contributed by atoms with van der Waals surface area (Å²) < 4.78 is 48.3. The van der Waals surface area contributed by atoms with Crippen molar-refractivity contribution < 1.29 is 25.2 Å². The normalized spacial score (nSPS) is 17.6. The zero-order valence-corrected chi connectivity index (χ0v) is 24.1. The Balaban J connectivity index is 0.00000308. The summed E-state index contributed by atoms with van der Waals surface area (Å²) in [7, 11) is -4.30. The Morgan fingerprint density at radius 1 is 1.23 bits per heavy atom. The fourth-order valence-electron chi connectivity index (χ4n) is 4.68. The number of nitrogens with zero attached hydrogens (tertiary/aromatic N) is 3. The van der Waals surface area contributed by atoms with Gasteiger partial charge in [-0.3, -0.25) is 4.79 Å². The number of anilines is 2. The molecule has 4 rings (SSSR count). The van der Waals surface area contributed by atoms with Crippen LogP contribution in [-0.2, 0) is 10.0 Å². The molecule has 1 unspecified atom stereocenters. The Labute approximate surface area is 238 Å². The Morgan fingerprint density at radius 3 is 2.70 bits per heavy atom. The van der Waals surface area contributed by atoms with E-state index in [-0.39, 0.29) is 30.6 Å². The first-order chi connectivity index (χ1) is 18.9. The number of halogens is 1. The van der Waals surface area contributed by atoms with Crippen molar-refractivity contribution in [1.82, 2.24) is 14.7 Å². The zero-order chi connectivity index (χ0) is 29.1. The van der Waals surface area contributed by atoms with Gasteiger partial charge >= 0.3 is 0 Å². The van der Waals surface area contributed by atoms with Crippen molar-refractivity contribution in [2.24, 2.45) is 11.3 Å². The molecule has 1 fully saturated rings. The van der Waals surface area contributed by atoms with E-state index < -0.39 is 21.7 Å². The van der Waals surface area contributed by atoms with E-state index in [1.807, 2.05) is 18.7 Å². The summed E-state index contributed by atoms with van der Waals surface area (Å²) in [5.74, 6) is -0.327. The minimum absolute atomic E-state index is 0. The molecule has 1 aliphatic heterocycles. The molecule has 0 saturated carbocycles. The minimum Gasteiger partial charge on any atom is -0.493 e. The molecular weight excluding hydrogens is 533 g/mol. The summed E-state index contributed by atoms with van der Waals surface area (Å²) in [4.78, 5) is 24.1. The van der Waals surface area contributed by atoms with Crippen LogP contribution in [0.5, 0.6) is 5.75 Å². The largest absolute Gasteiger partial charge is 0.493 e. The van der Waals surface area contributed by atoms with Crippen molar-refractivity contribution >= 4 is 27.6 Å². The van der Waals surface area contributed by atoms with Crippen molar-refractivity contribution in [2.45, 2.75) is 52.0 Å². The van der Waals surface area contributed by atoms with Gasteiger partial charge in [-0.2, -0.15) is 8.42 Å². The van der Waals surface area contributed by atoms with Crippen LogP contribution in [0, 0.1) is 17.2 Å². The minimum atomic E-state index is -4.30.